The van der Waals surface area contributed by atoms with Crippen LogP contribution < -0.4 is 11.1 Å². The Bertz CT molecular complexity index is 333. The molecule has 0 atom stereocenters. The Morgan fingerprint density at radius 1 is 1.44 bits per heavy atom. The molecule has 0 aromatic carbocycles. The summed E-state index contributed by atoms with van der Waals surface area (Å²) in [4.78, 5) is 4.89. The summed E-state index contributed by atoms with van der Waals surface area (Å²) in [6.07, 6.45) is 8.22. The molecule has 1 saturated heterocycles. The van der Waals surface area contributed by atoms with Crippen molar-refractivity contribution in [2.24, 2.45) is 10.7 Å². The van der Waals surface area contributed by atoms with Crippen LogP contribution in [0.4, 0.5) is 0 Å². The third-order valence-electron chi connectivity index (χ3n) is 3.34. The largest absolute Gasteiger partial charge is 0.404 e. The summed E-state index contributed by atoms with van der Waals surface area (Å²) < 4.78 is 0. The van der Waals surface area contributed by atoms with Gasteiger partial charge in [0.25, 0.3) is 0 Å². The van der Waals surface area contributed by atoms with Gasteiger partial charge in [-0.1, -0.05) is 11.6 Å². The first-order valence-corrected chi connectivity index (χ1v) is 6.14. The van der Waals surface area contributed by atoms with Gasteiger partial charge < -0.3 is 11.1 Å². The summed E-state index contributed by atoms with van der Waals surface area (Å²) in [6.45, 7) is 4.36. The zero-order valence-electron chi connectivity index (χ0n) is 10.00. The SMILES string of the molecule is CC1=CC/C(=C/N)C(=NC2CCNCC2)C1. The van der Waals surface area contributed by atoms with E-state index in [9.17, 15) is 0 Å². The molecule has 88 valence electrons. The van der Waals surface area contributed by atoms with Gasteiger partial charge in [0, 0.05) is 12.1 Å². The van der Waals surface area contributed by atoms with Gasteiger partial charge in [0.2, 0.25) is 0 Å². The molecule has 3 nitrogen and oxygen atoms in total. The van der Waals surface area contributed by atoms with Crippen LogP contribution in [0.3, 0.4) is 0 Å². The van der Waals surface area contributed by atoms with Crippen molar-refractivity contribution < 1.29 is 0 Å². The second-order valence-corrected chi connectivity index (χ2v) is 4.68. The molecule has 0 aromatic heterocycles. The predicted molar refractivity (Wildman–Crippen MR) is 68.6 cm³/mol. The number of aliphatic imine (C=N–C) groups is 1. The van der Waals surface area contributed by atoms with Crippen molar-refractivity contribution in [3.8, 4) is 0 Å². The lowest BCUT2D eigenvalue weighted by Gasteiger charge is -2.23. The number of hydrogen-bond acceptors (Lipinski definition) is 3. The van der Waals surface area contributed by atoms with Crippen LogP contribution in [0.1, 0.15) is 32.6 Å². The lowest BCUT2D eigenvalue weighted by molar-refractivity contribution is 0.459. The van der Waals surface area contributed by atoms with Gasteiger partial charge in [-0.3, -0.25) is 4.99 Å². The van der Waals surface area contributed by atoms with Crippen LogP contribution in [-0.4, -0.2) is 24.8 Å². The maximum absolute atomic E-state index is 5.66. The lowest BCUT2D eigenvalue weighted by Crippen LogP contribution is -2.30. The molecule has 0 bridgehead atoms. The Morgan fingerprint density at radius 3 is 2.88 bits per heavy atom. The maximum atomic E-state index is 5.66. The number of piperidine rings is 1. The minimum absolute atomic E-state index is 0.497. The van der Waals surface area contributed by atoms with Crippen LogP contribution in [0.5, 0.6) is 0 Å². The van der Waals surface area contributed by atoms with Crippen LogP contribution in [0, 0.1) is 0 Å². The van der Waals surface area contributed by atoms with Crippen molar-refractivity contribution in [3.63, 3.8) is 0 Å². The Labute approximate surface area is 97.5 Å². The fourth-order valence-corrected chi connectivity index (χ4v) is 2.30. The van der Waals surface area contributed by atoms with E-state index in [1.54, 1.807) is 6.20 Å². The number of nitrogens with two attached hydrogens (primary N) is 1. The third-order valence-corrected chi connectivity index (χ3v) is 3.34. The molecule has 3 heteroatoms. The van der Waals surface area contributed by atoms with E-state index in [1.165, 1.54) is 16.9 Å². The van der Waals surface area contributed by atoms with Crippen molar-refractivity contribution in [1.29, 1.82) is 0 Å². The topological polar surface area (TPSA) is 50.4 Å². The highest BCUT2D eigenvalue weighted by molar-refractivity contribution is 6.02. The highest BCUT2D eigenvalue weighted by Crippen LogP contribution is 2.21. The quantitative estimate of drug-likeness (QED) is 0.660. The fraction of sp³-hybridized carbons (Fsp3) is 0.615. The van der Waals surface area contributed by atoms with E-state index in [0.717, 1.165) is 38.8 Å². The molecule has 1 aliphatic carbocycles. The summed E-state index contributed by atoms with van der Waals surface area (Å²) >= 11 is 0. The Balaban J connectivity index is 2.11. The van der Waals surface area contributed by atoms with Gasteiger partial charge in [0.15, 0.2) is 0 Å². The average Bonchev–Trinajstić information content (AvgIpc) is 2.31. The minimum Gasteiger partial charge on any atom is -0.404 e. The monoisotopic (exact) mass is 219 g/mol. The molecule has 0 radical (unpaired) electrons. The van der Waals surface area contributed by atoms with Gasteiger partial charge in [0.1, 0.15) is 0 Å². The van der Waals surface area contributed by atoms with Crippen molar-refractivity contribution in [2.45, 2.75) is 38.6 Å². The first kappa shape index (κ1) is 11.4. The van der Waals surface area contributed by atoms with Gasteiger partial charge >= 0.3 is 0 Å². The second kappa shape index (κ2) is 5.30. The molecule has 0 saturated carbocycles. The number of nitrogens with zero attached hydrogens (tertiary/aromatic N) is 1. The number of rotatable bonds is 1. The Morgan fingerprint density at radius 2 is 2.19 bits per heavy atom. The summed E-state index contributed by atoms with van der Waals surface area (Å²) in [5.41, 5.74) is 9.50. The van der Waals surface area contributed by atoms with Gasteiger partial charge in [-0.15, -0.1) is 0 Å². The van der Waals surface area contributed by atoms with Crippen LogP contribution in [0.2, 0.25) is 0 Å². The molecule has 1 heterocycles. The highest BCUT2D eigenvalue weighted by Gasteiger charge is 2.16. The molecule has 0 amide bonds. The molecule has 0 unspecified atom stereocenters. The van der Waals surface area contributed by atoms with Crippen molar-refractivity contribution >= 4 is 5.71 Å². The molecule has 1 fully saturated rings. The van der Waals surface area contributed by atoms with Crippen molar-refractivity contribution in [2.75, 3.05) is 13.1 Å². The maximum Gasteiger partial charge on any atom is 0.0527 e. The molecule has 2 rings (SSSR count). The fourth-order valence-electron chi connectivity index (χ4n) is 2.30. The summed E-state index contributed by atoms with van der Waals surface area (Å²) in [7, 11) is 0. The van der Waals surface area contributed by atoms with Crippen molar-refractivity contribution in [3.05, 3.63) is 23.4 Å². The third kappa shape index (κ3) is 2.73. The molecule has 16 heavy (non-hydrogen) atoms. The Hall–Kier alpha value is -1.09. The summed E-state index contributed by atoms with van der Waals surface area (Å²) in [5, 5.41) is 3.37. The molecular formula is C13H21N3. The summed E-state index contributed by atoms with van der Waals surface area (Å²) in [6, 6.07) is 0.497. The van der Waals surface area contributed by atoms with E-state index in [-0.39, 0.29) is 0 Å². The Kier molecular flexibility index (Phi) is 3.78. The van der Waals surface area contributed by atoms with E-state index >= 15 is 0 Å². The highest BCUT2D eigenvalue weighted by atomic mass is 14.9. The van der Waals surface area contributed by atoms with E-state index in [2.05, 4.69) is 18.3 Å². The molecule has 3 N–H and O–H groups in total. The molecule has 2 aliphatic rings. The van der Waals surface area contributed by atoms with Crippen LogP contribution >= 0.6 is 0 Å². The van der Waals surface area contributed by atoms with Gasteiger partial charge in [0.05, 0.1) is 6.04 Å². The van der Waals surface area contributed by atoms with Crippen LogP contribution in [-0.2, 0) is 0 Å². The van der Waals surface area contributed by atoms with E-state index in [0.29, 0.717) is 6.04 Å². The number of nitrogens with one attached hydrogen (secondary N) is 1. The zero-order valence-corrected chi connectivity index (χ0v) is 10.00. The van der Waals surface area contributed by atoms with Crippen LogP contribution in [0.15, 0.2) is 28.4 Å². The van der Waals surface area contributed by atoms with Crippen LogP contribution in [0.25, 0.3) is 0 Å². The normalized spacial score (nSPS) is 28.4. The van der Waals surface area contributed by atoms with E-state index < -0.39 is 0 Å². The van der Waals surface area contributed by atoms with E-state index in [1.807, 2.05) is 0 Å². The first-order valence-electron chi connectivity index (χ1n) is 6.14. The van der Waals surface area contributed by atoms with Gasteiger partial charge in [-0.05, 0) is 51.0 Å². The second-order valence-electron chi connectivity index (χ2n) is 4.68. The zero-order chi connectivity index (χ0) is 11.4. The van der Waals surface area contributed by atoms with Gasteiger partial charge in [-0.2, -0.15) is 0 Å². The lowest BCUT2D eigenvalue weighted by atomic mass is 9.93. The standard InChI is InChI=1S/C13H21N3/c1-10-2-3-11(9-14)13(8-10)16-12-4-6-15-7-5-12/h2,9,12,15H,3-8,14H2,1H3/b11-9-,16-13?. The molecular weight excluding hydrogens is 198 g/mol. The average molecular weight is 219 g/mol. The smallest absolute Gasteiger partial charge is 0.0527 e. The molecule has 0 spiro atoms. The minimum atomic E-state index is 0.497. The predicted octanol–water partition coefficient (Wildman–Crippen LogP) is 1.76. The first-order chi connectivity index (χ1) is 7.79. The van der Waals surface area contributed by atoms with Gasteiger partial charge in [-0.25, -0.2) is 0 Å². The summed E-state index contributed by atoms with van der Waals surface area (Å²) in [5.74, 6) is 0. The van der Waals surface area contributed by atoms with E-state index in [4.69, 9.17) is 10.7 Å². The molecule has 0 aromatic rings. The van der Waals surface area contributed by atoms with Crippen molar-refractivity contribution in [1.82, 2.24) is 5.32 Å². The number of allylic oxidation sites excluding steroid dienone is 3. The number of hydrogen-bond donors (Lipinski definition) is 2. The molecule has 1 aliphatic heterocycles.